The van der Waals surface area contributed by atoms with Gasteiger partial charge in [0.1, 0.15) is 29.7 Å². The number of aliphatic hydroxyl groups excluding tert-OH is 1. The summed E-state index contributed by atoms with van der Waals surface area (Å²) in [6, 6.07) is 13.5. The molecule has 1 aromatic heterocycles. The molecule has 2 saturated heterocycles. The van der Waals surface area contributed by atoms with Gasteiger partial charge in [0.05, 0.1) is 36.3 Å². The molecule has 1 aromatic carbocycles. The summed E-state index contributed by atoms with van der Waals surface area (Å²) in [6.45, 7) is 14.3. The molecule has 13 heteroatoms. The van der Waals surface area contributed by atoms with E-state index in [0.717, 1.165) is 5.56 Å². The van der Waals surface area contributed by atoms with Crippen LogP contribution in [-0.4, -0.2) is 119 Å². The molecule has 4 rings (SSSR count). The lowest BCUT2D eigenvalue weighted by molar-refractivity contribution is -0.306. The number of Topliss-reactive ketones (excluding diaryl/α,β-unsaturated/α-hetero) is 1. The van der Waals surface area contributed by atoms with Gasteiger partial charge >= 0.3 is 11.9 Å². The summed E-state index contributed by atoms with van der Waals surface area (Å²) in [5, 5.41) is 23.1. The Balaban J connectivity index is 1.82. The Hall–Kier alpha value is -3.30. The van der Waals surface area contributed by atoms with Gasteiger partial charge in [-0.25, -0.2) is 0 Å². The van der Waals surface area contributed by atoms with Crippen molar-refractivity contribution in [2.45, 2.75) is 148 Å². The normalized spacial score (nSPS) is 37.3. The van der Waals surface area contributed by atoms with Crippen molar-refractivity contribution < 1.29 is 53.0 Å². The largest absolute Gasteiger partial charge is 0.461 e. The lowest BCUT2D eigenvalue weighted by Gasteiger charge is -2.49. The Morgan fingerprint density at radius 2 is 1.65 bits per heavy atom. The molecule has 14 atom stereocenters. The van der Waals surface area contributed by atoms with E-state index in [2.05, 4.69) is 22.0 Å². The number of aromatic nitrogens is 1. The molecule has 2 aromatic rings. The summed E-state index contributed by atoms with van der Waals surface area (Å²) in [5.74, 6) is -5.26. The molecule has 0 spiro atoms. The molecule has 2 aliphatic rings. The van der Waals surface area contributed by atoms with Crippen molar-refractivity contribution in [2.24, 2.45) is 23.7 Å². The Kier molecular flexibility index (Phi) is 16.4. The van der Waals surface area contributed by atoms with Gasteiger partial charge in [-0.1, -0.05) is 64.1 Å². The number of ketones is 1. The van der Waals surface area contributed by atoms with Gasteiger partial charge in [-0.2, -0.15) is 0 Å². The van der Waals surface area contributed by atoms with Crippen LogP contribution in [0.4, 0.5) is 0 Å². The number of nitrogens with zero attached hydrogens (tertiary/aromatic N) is 2. The summed E-state index contributed by atoms with van der Waals surface area (Å²) in [4.78, 5) is 48.4. The average molecular weight is 799 g/mol. The van der Waals surface area contributed by atoms with Gasteiger partial charge in [0, 0.05) is 57.0 Å². The third-order valence-corrected chi connectivity index (χ3v) is 12.2. The second-order valence-electron chi connectivity index (χ2n) is 16.7. The molecule has 2 fully saturated rings. The van der Waals surface area contributed by atoms with E-state index in [4.69, 9.17) is 28.4 Å². The SMILES string of the molecule is CC[C@H]1OC(=O)[C@H](C)[C@@H](OC(=O)Cc2cccnc2)[C@H](C)[C@@H](OC2O[C@@H](C)C[C@@H](N(C)Cc3ccccc3)[C@@H]2OC)[C@](C)(OC)C[C@@H](C)C(=O)[C@@H](C)[C@@H](O)[C@]1(C)O. The number of hydrogen-bond donors (Lipinski definition) is 2. The van der Waals surface area contributed by atoms with Crippen molar-refractivity contribution in [3.8, 4) is 0 Å². The minimum Gasteiger partial charge on any atom is -0.461 e. The van der Waals surface area contributed by atoms with Crippen LogP contribution < -0.4 is 0 Å². The van der Waals surface area contributed by atoms with Crippen LogP contribution >= 0.6 is 0 Å². The van der Waals surface area contributed by atoms with Crippen LogP contribution in [0.3, 0.4) is 0 Å². The molecule has 0 radical (unpaired) electrons. The fourth-order valence-corrected chi connectivity index (χ4v) is 8.81. The van der Waals surface area contributed by atoms with E-state index in [1.807, 2.05) is 46.0 Å². The predicted octanol–water partition coefficient (Wildman–Crippen LogP) is 4.93. The van der Waals surface area contributed by atoms with Gasteiger partial charge < -0.3 is 38.6 Å². The first-order valence-corrected chi connectivity index (χ1v) is 20.2. The summed E-state index contributed by atoms with van der Waals surface area (Å²) < 4.78 is 38.3. The lowest BCUT2D eigenvalue weighted by Crippen LogP contribution is -2.61. The zero-order valence-electron chi connectivity index (χ0n) is 35.6. The molecule has 0 aliphatic carbocycles. The van der Waals surface area contributed by atoms with E-state index in [9.17, 15) is 24.6 Å². The number of benzene rings is 1. The summed E-state index contributed by atoms with van der Waals surface area (Å²) in [7, 11) is 5.18. The van der Waals surface area contributed by atoms with Crippen molar-refractivity contribution in [2.75, 3.05) is 21.3 Å². The predicted molar refractivity (Wildman–Crippen MR) is 213 cm³/mol. The van der Waals surface area contributed by atoms with Gasteiger partial charge in [-0.3, -0.25) is 24.3 Å². The van der Waals surface area contributed by atoms with Crippen molar-refractivity contribution >= 4 is 17.7 Å². The number of ether oxygens (including phenoxy) is 6. The number of hydrogen-bond acceptors (Lipinski definition) is 13. The van der Waals surface area contributed by atoms with Crippen molar-refractivity contribution in [3.63, 3.8) is 0 Å². The molecular weight excluding hydrogens is 732 g/mol. The molecule has 318 valence electrons. The molecule has 57 heavy (non-hydrogen) atoms. The number of rotatable bonds is 11. The third-order valence-electron chi connectivity index (χ3n) is 12.2. The van der Waals surface area contributed by atoms with Crippen LogP contribution in [0.25, 0.3) is 0 Å². The summed E-state index contributed by atoms with van der Waals surface area (Å²) in [6.07, 6.45) is -2.65. The van der Waals surface area contributed by atoms with Gasteiger partial charge in [0.15, 0.2) is 6.29 Å². The molecule has 3 heterocycles. The van der Waals surface area contributed by atoms with E-state index in [1.165, 1.54) is 14.0 Å². The van der Waals surface area contributed by atoms with Crippen LogP contribution in [0.15, 0.2) is 54.9 Å². The number of cyclic esters (lactones) is 1. The standard InChI is InChI=1S/C44H66N2O11/c1-12-34-44(8,51)39(49)28(4)36(48)26(2)23-43(7,53-11)40(29(5)37(30(6)41(50)55-34)56-35(47)22-32-19-16-20-45-24-32)57-42-38(52-10)33(21-27(3)54-42)46(9)25-31-17-14-13-15-18-31/h13-20,24,26-30,33-34,37-40,42,49,51H,12,21-23,25H2,1-11H3/t26-,27+,28-,29+,30-,33-,34-,37+,38+,39-,40-,42?,43-,44-/m1/s1. The fraction of sp³-hybridized carbons (Fsp3) is 0.682. The van der Waals surface area contributed by atoms with E-state index in [-0.39, 0.29) is 37.2 Å². The number of aliphatic hydroxyl groups is 2. The van der Waals surface area contributed by atoms with Gasteiger partial charge in [-0.05, 0) is 71.2 Å². The first-order chi connectivity index (χ1) is 26.9. The van der Waals surface area contributed by atoms with Crippen molar-refractivity contribution in [1.29, 1.82) is 0 Å². The maximum absolute atomic E-state index is 14.2. The molecule has 13 nitrogen and oxygen atoms in total. The second-order valence-corrected chi connectivity index (χ2v) is 16.7. The molecular formula is C44H66N2O11. The maximum atomic E-state index is 14.2. The lowest BCUT2D eigenvalue weighted by atomic mass is 9.74. The van der Waals surface area contributed by atoms with Crippen LogP contribution in [0.2, 0.25) is 0 Å². The average Bonchev–Trinajstić information content (AvgIpc) is 3.19. The molecule has 1 unspecified atom stereocenters. The van der Waals surface area contributed by atoms with Crippen molar-refractivity contribution in [3.05, 3.63) is 66.0 Å². The highest BCUT2D eigenvalue weighted by Gasteiger charge is 2.53. The highest BCUT2D eigenvalue weighted by atomic mass is 16.7. The topological polar surface area (TPSA) is 163 Å². The summed E-state index contributed by atoms with van der Waals surface area (Å²) >= 11 is 0. The Labute approximate surface area is 338 Å². The summed E-state index contributed by atoms with van der Waals surface area (Å²) in [5.41, 5.74) is -1.48. The van der Waals surface area contributed by atoms with Crippen LogP contribution in [0.5, 0.6) is 0 Å². The zero-order valence-corrected chi connectivity index (χ0v) is 35.6. The molecule has 2 N–H and O–H groups in total. The maximum Gasteiger partial charge on any atom is 0.312 e. The Morgan fingerprint density at radius 1 is 0.982 bits per heavy atom. The third kappa shape index (κ3) is 11.1. The second kappa shape index (κ2) is 20.1. The molecule has 0 bridgehead atoms. The number of likely N-dealkylation sites (N-methyl/N-ethyl adjacent to an activating group) is 1. The smallest absolute Gasteiger partial charge is 0.312 e. The van der Waals surface area contributed by atoms with E-state index >= 15 is 0 Å². The highest BCUT2D eigenvalue weighted by molar-refractivity contribution is 5.83. The van der Waals surface area contributed by atoms with Crippen LogP contribution in [0, 0.1) is 23.7 Å². The number of methoxy groups -OCH3 is 2. The first-order valence-electron chi connectivity index (χ1n) is 20.2. The van der Waals surface area contributed by atoms with Gasteiger partial charge in [-0.15, -0.1) is 0 Å². The number of carbonyl (C=O) groups excluding carboxylic acids is 3. The van der Waals surface area contributed by atoms with E-state index in [0.29, 0.717) is 18.5 Å². The Morgan fingerprint density at radius 3 is 2.25 bits per heavy atom. The minimum atomic E-state index is -1.98. The van der Waals surface area contributed by atoms with Crippen LogP contribution in [-0.2, 0) is 55.8 Å². The van der Waals surface area contributed by atoms with E-state index < -0.39 is 83.6 Å². The fourth-order valence-electron chi connectivity index (χ4n) is 8.81. The zero-order chi connectivity index (χ0) is 42.2. The Bertz CT molecular complexity index is 1590. The highest BCUT2D eigenvalue weighted by Crippen LogP contribution is 2.40. The number of carbonyl (C=O) groups is 3. The monoisotopic (exact) mass is 798 g/mol. The van der Waals surface area contributed by atoms with Gasteiger partial charge in [0.25, 0.3) is 0 Å². The molecule has 0 amide bonds. The number of esters is 2. The molecule has 2 aliphatic heterocycles. The number of pyridine rings is 1. The van der Waals surface area contributed by atoms with E-state index in [1.54, 1.807) is 59.3 Å². The molecule has 0 saturated carbocycles. The first kappa shape index (κ1) is 46.4. The minimum absolute atomic E-state index is 0.111. The van der Waals surface area contributed by atoms with Gasteiger partial charge in [0.2, 0.25) is 0 Å². The van der Waals surface area contributed by atoms with Crippen molar-refractivity contribution in [1.82, 2.24) is 9.88 Å². The quantitative estimate of drug-likeness (QED) is 0.295. The van der Waals surface area contributed by atoms with Crippen LogP contribution in [0.1, 0.15) is 85.8 Å².